The molecule has 1 aromatic rings. The number of hydrogen-bond acceptors (Lipinski definition) is 1. The summed E-state index contributed by atoms with van der Waals surface area (Å²) >= 11 is 6.21. The number of anilines is 1. The van der Waals surface area contributed by atoms with E-state index in [-0.39, 0.29) is 0 Å². The topological polar surface area (TPSA) is 12.0 Å². The Morgan fingerprint density at radius 2 is 1.60 bits per heavy atom. The molecule has 1 N–H and O–H groups in total. The second kappa shape index (κ2) is 10.1. The second-order valence-electron chi connectivity index (χ2n) is 5.75. The van der Waals surface area contributed by atoms with E-state index in [9.17, 15) is 0 Å². The van der Waals surface area contributed by atoms with Gasteiger partial charge in [0, 0.05) is 16.8 Å². The number of benzene rings is 1. The van der Waals surface area contributed by atoms with Crippen molar-refractivity contribution in [3.05, 3.63) is 28.8 Å². The molecule has 1 nitrogen and oxygen atoms in total. The molecule has 1 aromatic carbocycles. The normalized spacial score (nSPS) is 11.1. The Balaban J connectivity index is 2.59. The third-order valence-electron chi connectivity index (χ3n) is 3.94. The lowest BCUT2D eigenvalue weighted by molar-refractivity contribution is 0.526. The first kappa shape index (κ1) is 17.4. The minimum atomic E-state index is 0.588. The van der Waals surface area contributed by atoms with Crippen LogP contribution in [0.5, 0.6) is 0 Å². The van der Waals surface area contributed by atoms with Crippen LogP contribution in [-0.2, 0) is 0 Å². The smallest absolute Gasteiger partial charge is 0.0455 e. The van der Waals surface area contributed by atoms with Gasteiger partial charge in [-0.15, -0.1) is 0 Å². The number of rotatable bonds is 10. The van der Waals surface area contributed by atoms with Crippen LogP contribution in [0, 0.1) is 6.92 Å². The van der Waals surface area contributed by atoms with Crippen LogP contribution >= 0.6 is 11.6 Å². The van der Waals surface area contributed by atoms with Gasteiger partial charge >= 0.3 is 0 Å². The van der Waals surface area contributed by atoms with Crippen molar-refractivity contribution in [1.29, 1.82) is 0 Å². The van der Waals surface area contributed by atoms with Crippen molar-refractivity contribution in [3.8, 4) is 0 Å². The summed E-state index contributed by atoms with van der Waals surface area (Å²) in [4.78, 5) is 0. The van der Waals surface area contributed by atoms with Crippen LogP contribution in [0.15, 0.2) is 18.2 Å². The molecule has 20 heavy (non-hydrogen) atoms. The highest BCUT2D eigenvalue weighted by molar-refractivity contribution is 6.31. The van der Waals surface area contributed by atoms with Crippen LogP contribution in [0.1, 0.15) is 70.8 Å². The van der Waals surface area contributed by atoms with Gasteiger partial charge in [-0.1, -0.05) is 70.0 Å². The van der Waals surface area contributed by atoms with E-state index in [1.165, 1.54) is 62.6 Å². The van der Waals surface area contributed by atoms with E-state index in [0.717, 1.165) is 5.02 Å². The molecule has 0 aliphatic carbocycles. The molecule has 0 saturated carbocycles. The van der Waals surface area contributed by atoms with E-state index in [0.29, 0.717) is 6.04 Å². The number of unbranched alkanes of at least 4 members (excludes halogenated alkanes) is 4. The Labute approximate surface area is 130 Å². The van der Waals surface area contributed by atoms with Gasteiger partial charge in [-0.25, -0.2) is 0 Å². The maximum absolute atomic E-state index is 6.21. The van der Waals surface area contributed by atoms with Gasteiger partial charge < -0.3 is 5.32 Å². The molecule has 0 bridgehead atoms. The Kier molecular flexibility index (Phi) is 8.77. The molecular weight excluding hydrogens is 266 g/mol. The maximum Gasteiger partial charge on any atom is 0.0455 e. The number of nitrogens with one attached hydrogen (secondary N) is 1. The first-order valence-electron chi connectivity index (χ1n) is 8.20. The first-order chi connectivity index (χ1) is 9.69. The van der Waals surface area contributed by atoms with E-state index in [1.807, 2.05) is 12.1 Å². The molecule has 0 unspecified atom stereocenters. The fraction of sp³-hybridized carbons (Fsp3) is 0.667. The molecular formula is C18H30ClN. The van der Waals surface area contributed by atoms with Crippen molar-refractivity contribution in [1.82, 2.24) is 0 Å². The monoisotopic (exact) mass is 295 g/mol. The molecule has 0 aromatic heterocycles. The van der Waals surface area contributed by atoms with E-state index < -0.39 is 0 Å². The van der Waals surface area contributed by atoms with E-state index in [1.54, 1.807) is 0 Å². The first-order valence-corrected chi connectivity index (χ1v) is 8.58. The predicted octanol–water partition coefficient (Wildman–Crippen LogP) is 6.59. The van der Waals surface area contributed by atoms with Gasteiger partial charge in [-0.2, -0.15) is 0 Å². The maximum atomic E-state index is 6.21. The van der Waals surface area contributed by atoms with Crippen LogP contribution in [0.4, 0.5) is 5.69 Å². The highest BCUT2D eigenvalue weighted by atomic mass is 35.5. The number of hydrogen-bond donors (Lipinski definition) is 1. The minimum absolute atomic E-state index is 0.588. The Morgan fingerprint density at radius 1 is 1.00 bits per heavy atom. The standard InChI is InChI=1S/C18H30ClN/c1-4-6-8-11-16(12-9-7-5-2)20-18-14-10-13-17(19)15(18)3/h10,13-14,16,20H,4-9,11-12H2,1-3H3. The largest absolute Gasteiger partial charge is 0.382 e. The van der Waals surface area contributed by atoms with Crippen molar-refractivity contribution >= 4 is 17.3 Å². The second-order valence-corrected chi connectivity index (χ2v) is 6.15. The fourth-order valence-corrected chi connectivity index (χ4v) is 2.73. The Morgan fingerprint density at radius 3 is 2.15 bits per heavy atom. The molecule has 0 atom stereocenters. The van der Waals surface area contributed by atoms with Crippen LogP contribution in [-0.4, -0.2) is 6.04 Å². The lowest BCUT2D eigenvalue weighted by Crippen LogP contribution is -2.20. The average Bonchev–Trinajstić information content (AvgIpc) is 2.44. The molecule has 2 heteroatoms. The van der Waals surface area contributed by atoms with E-state index in [2.05, 4.69) is 32.2 Å². The van der Waals surface area contributed by atoms with Crippen molar-refractivity contribution < 1.29 is 0 Å². The third-order valence-corrected chi connectivity index (χ3v) is 4.35. The van der Waals surface area contributed by atoms with E-state index >= 15 is 0 Å². The Bertz CT molecular complexity index is 366. The third kappa shape index (κ3) is 6.17. The zero-order chi connectivity index (χ0) is 14.8. The lowest BCUT2D eigenvalue weighted by Gasteiger charge is -2.21. The summed E-state index contributed by atoms with van der Waals surface area (Å²) in [5.41, 5.74) is 2.38. The summed E-state index contributed by atoms with van der Waals surface area (Å²) in [6.45, 7) is 6.63. The van der Waals surface area contributed by atoms with Gasteiger partial charge in [0.1, 0.15) is 0 Å². The van der Waals surface area contributed by atoms with Gasteiger partial charge in [0.15, 0.2) is 0 Å². The summed E-state index contributed by atoms with van der Waals surface area (Å²) in [7, 11) is 0. The SMILES string of the molecule is CCCCCC(CCCCC)Nc1cccc(Cl)c1C. The van der Waals surface area contributed by atoms with Gasteiger partial charge in [-0.3, -0.25) is 0 Å². The molecule has 0 fully saturated rings. The quantitative estimate of drug-likeness (QED) is 0.480. The summed E-state index contributed by atoms with van der Waals surface area (Å²) in [5, 5.41) is 4.58. The minimum Gasteiger partial charge on any atom is -0.382 e. The molecule has 1 rings (SSSR count). The molecule has 0 heterocycles. The molecule has 114 valence electrons. The van der Waals surface area contributed by atoms with Gasteiger partial charge in [0.05, 0.1) is 0 Å². The molecule has 0 spiro atoms. The molecule has 0 amide bonds. The fourth-order valence-electron chi connectivity index (χ4n) is 2.55. The zero-order valence-electron chi connectivity index (χ0n) is 13.3. The summed E-state index contributed by atoms with van der Waals surface area (Å²) in [5.74, 6) is 0. The predicted molar refractivity (Wildman–Crippen MR) is 91.9 cm³/mol. The van der Waals surface area contributed by atoms with Crippen molar-refractivity contribution in [2.75, 3.05) is 5.32 Å². The highest BCUT2D eigenvalue weighted by Crippen LogP contribution is 2.25. The lowest BCUT2D eigenvalue weighted by atomic mass is 10.0. The van der Waals surface area contributed by atoms with E-state index in [4.69, 9.17) is 11.6 Å². The summed E-state index contributed by atoms with van der Waals surface area (Å²) in [6.07, 6.45) is 10.4. The van der Waals surface area contributed by atoms with Crippen molar-refractivity contribution in [2.24, 2.45) is 0 Å². The van der Waals surface area contributed by atoms with Crippen LogP contribution in [0.3, 0.4) is 0 Å². The highest BCUT2D eigenvalue weighted by Gasteiger charge is 2.10. The zero-order valence-corrected chi connectivity index (χ0v) is 14.1. The average molecular weight is 296 g/mol. The number of halogens is 1. The summed E-state index contributed by atoms with van der Waals surface area (Å²) < 4.78 is 0. The molecule has 0 saturated heterocycles. The summed E-state index contributed by atoms with van der Waals surface area (Å²) in [6, 6.07) is 6.73. The van der Waals surface area contributed by atoms with Crippen LogP contribution < -0.4 is 5.32 Å². The van der Waals surface area contributed by atoms with Crippen LogP contribution in [0.25, 0.3) is 0 Å². The van der Waals surface area contributed by atoms with Crippen LogP contribution in [0.2, 0.25) is 5.02 Å². The molecule has 0 aliphatic rings. The van der Waals surface area contributed by atoms with Crippen molar-refractivity contribution in [2.45, 2.75) is 78.2 Å². The Hall–Kier alpha value is -0.690. The van der Waals surface area contributed by atoms with Crippen molar-refractivity contribution in [3.63, 3.8) is 0 Å². The molecule has 0 radical (unpaired) electrons. The molecule has 0 aliphatic heterocycles. The van der Waals surface area contributed by atoms with Gasteiger partial charge in [-0.05, 0) is 37.5 Å². The van der Waals surface area contributed by atoms with Gasteiger partial charge in [0.25, 0.3) is 0 Å². The van der Waals surface area contributed by atoms with Gasteiger partial charge in [0.2, 0.25) is 0 Å².